The van der Waals surface area contributed by atoms with Crippen molar-refractivity contribution in [3.63, 3.8) is 0 Å². The number of aliphatic hydroxyl groups is 4. The van der Waals surface area contributed by atoms with Crippen LogP contribution in [-0.4, -0.2) is 57.3 Å². The minimum Gasteiger partial charge on any atom is -0.394 e. The molecule has 0 aromatic carbocycles. The van der Waals surface area contributed by atoms with Crippen LogP contribution < -0.4 is 5.32 Å². The Morgan fingerprint density at radius 1 is 0.387 bits per heavy atom. The van der Waals surface area contributed by atoms with Crippen molar-refractivity contribution in [3.8, 4) is 0 Å². The lowest BCUT2D eigenvalue weighted by atomic mass is 10.00. The highest BCUT2D eigenvalue weighted by atomic mass is 16.3. The molecule has 62 heavy (non-hydrogen) atoms. The van der Waals surface area contributed by atoms with Crippen LogP contribution in [0.1, 0.15) is 296 Å². The fraction of sp³-hybridized carbons (Fsp3) is 0.911. The summed E-state index contributed by atoms with van der Waals surface area (Å²) in [5, 5.41) is 43.8. The predicted molar refractivity (Wildman–Crippen MR) is 270 cm³/mol. The van der Waals surface area contributed by atoms with Gasteiger partial charge in [0.1, 0.15) is 12.2 Å². The molecule has 0 heterocycles. The van der Waals surface area contributed by atoms with E-state index < -0.39 is 36.9 Å². The van der Waals surface area contributed by atoms with Gasteiger partial charge in [0.25, 0.3) is 0 Å². The molecule has 0 saturated heterocycles. The Morgan fingerprint density at radius 3 is 1.02 bits per heavy atom. The van der Waals surface area contributed by atoms with Crippen LogP contribution in [0.25, 0.3) is 0 Å². The number of rotatable bonds is 51. The average molecular weight is 876 g/mol. The normalized spacial score (nSPS) is 14.0. The summed E-state index contributed by atoms with van der Waals surface area (Å²) in [5.41, 5.74) is 0. The number of unbranched alkanes of at least 4 members (excludes halogenated alkanes) is 38. The molecule has 5 N–H and O–H groups in total. The number of carbonyl (C=O) groups excluding carboxylic acids is 1. The van der Waals surface area contributed by atoms with Gasteiger partial charge in [0, 0.05) is 0 Å². The zero-order chi connectivity index (χ0) is 45.2. The van der Waals surface area contributed by atoms with E-state index in [-0.39, 0.29) is 0 Å². The van der Waals surface area contributed by atoms with E-state index in [0.717, 1.165) is 38.5 Å². The number of allylic oxidation sites excluding steroid dienone is 4. The van der Waals surface area contributed by atoms with Crippen molar-refractivity contribution in [3.05, 3.63) is 24.3 Å². The lowest BCUT2D eigenvalue weighted by Crippen LogP contribution is -2.53. The van der Waals surface area contributed by atoms with E-state index in [0.29, 0.717) is 19.3 Å². The molecular weight excluding hydrogens is 767 g/mol. The van der Waals surface area contributed by atoms with Gasteiger partial charge in [0.2, 0.25) is 5.91 Å². The Morgan fingerprint density at radius 2 is 0.677 bits per heavy atom. The first kappa shape index (κ1) is 60.8. The lowest BCUT2D eigenvalue weighted by molar-refractivity contribution is -0.132. The van der Waals surface area contributed by atoms with Gasteiger partial charge in [-0.3, -0.25) is 4.79 Å². The van der Waals surface area contributed by atoms with Crippen molar-refractivity contribution in [2.75, 3.05) is 6.61 Å². The van der Waals surface area contributed by atoms with Crippen molar-refractivity contribution < 1.29 is 25.2 Å². The number of hydrogen-bond acceptors (Lipinski definition) is 5. The van der Waals surface area contributed by atoms with Gasteiger partial charge in [-0.15, -0.1) is 0 Å². The molecule has 6 nitrogen and oxygen atoms in total. The summed E-state index contributed by atoms with van der Waals surface area (Å²) in [6, 6.07) is -1.01. The van der Waals surface area contributed by atoms with Gasteiger partial charge in [0.05, 0.1) is 18.8 Å². The third-order valence-corrected chi connectivity index (χ3v) is 13.1. The number of aliphatic hydroxyl groups excluding tert-OH is 4. The number of carbonyl (C=O) groups is 1. The molecule has 4 atom stereocenters. The first-order valence-electron chi connectivity index (χ1n) is 27.7. The van der Waals surface area contributed by atoms with Crippen molar-refractivity contribution in [2.24, 2.45) is 0 Å². The van der Waals surface area contributed by atoms with Crippen molar-refractivity contribution in [1.82, 2.24) is 5.32 Å². The van der Waals surface area contributed by atoms with Crippen molar-refractivity contribution in [2.45, 2.75) is 321 Å². The molecule has 0 aromatic rings. The minimum absolute atomic E-state index is 0.364. The summed E-state index contributed by atoms with van der Waals surface area (Å²) in [4.78, 5) is 12.5. The van der Waals surface area contributed by atoms with E-state index in [1.54, 1.807) is 0 Å². The zero-order valence-electron chi connectivity index (χ0n) is 41.6. The van der Waals surface area contributed by atoms with E-state index >= 15 is 0 Å². The second-order valence-corrected chi connectivity index (χ2v) is 19.3. The van der Waals surface area contributed by atoms with Crippen LogP contribution in [0.3, 0.4) is 0 Å². The smallest absolute Gasteiger partial charge is 0.249 e. The molecular formula is C56H109NO5. The van der Waals surface area contributed by atoms with E-state index in [9.17, 15) is 25.2 Å². The summed E-state index contributed by atoms with van der Waals surface area (Å²) in [7, 11) is 0. The molecule has 0 aliphatic carbocycles. The maximum Gasteiger partial charge on any atom is 0.249 e. The number of nitrogens with one attached hydrogen (secondary N) is 1. The monoisotopic (exact) mass is 876 g/mol. The van der Waals surface area contributed by atoms with Crippen LogP contribution in [0.15, 0.2) is 24.3 Å². The van der Waals surface area contributed by atoms with Crippen LogP contribution in [0.4, 0.5) is 0 Å². The maximum atomic E-state index is 12.5. The van der Waals surface area contributed by atoms with Gasteiger partial charge in [-0.2, -0.15) is 0 Å². The molecule has 0 aliphatic heterocycles. The first-order chi connectivity index (χ1) is 30.5. The van der Waals surface area contributed by atoms with Gasteiger partial charge in [-0.1, -0.05) is 269 Å². The average Bonchev–Trinajstić information content (AvgIpc) is 3.28. The summed E-state index contributed by atoms with van der Waals surface area (Å²) in [5.74, 6) is -0.594. The quantitative estimate of drug-likeness (QED) is 0.0309. The fourth-order valence-electron chi connectivity index (χ4n) is 8.78. The molecule has 6 heteroatoms. The summed E-state index contributed by atoms with van der Waals surface area (Å²) in [6.45, 7) is 4.06. The first-order valence-corrected chi connectivity index (χ1v) is 27.7. The molecule has 0 radical (unpaired) electrons. The molecule has 0 aromatic heterocycles. The molecule has 0 aliphatic rings. The number of amides is 1. The van der Waals surface area contributed by atoms with Crippen LogP contribution >= 0.6 is 0 Å². The maximum absolute atomic E-state index is 12.5. The van der Waals surface area contributed by atoms with Gasteiger partial charge in [-0.05, 0) is 51.4 Å². The summed E-state index contributed by atoms with van der Waals surface area (Å²) in [6.07, 6.45) is 61.2. The summed E-state index contributed by atoms with van der Waals surface area (Å²) < 4.78 is 0. The predicted octanol–water partition coefficient (Wildman–Crippen LogP) is 15.9. The Labute approximate surface area is 386 Å². The topological polar surface area (TPSA) is 110 Å². The van der Waals surface area contributed by atoms with E-state index in [1.165, 1.54) is 225 Å². The summed E-state index contributed by atoms with van der Waals surface area (Å²) >= 11 is 0. The van der Waals surface area contributed by atoms with E-state index in [2.05, 4.69) is 43.5 Å². The highest BCUT2D eigenvalue weighted by molar-refractivity contribution is 5.80. The van der Waals surface area contributed by atoms with Crippen LogP contribution in [0.5, 0.6) is 0 Å². The van der Waals surface area contributed by atoms with Gasteiger partial charge >= 0.3 is 0 Å². The molecule has 368 valence electrons. The molecule has 0 rings (SSSR count). The molecule has 0 spiro atoms. The molecule has 0 saturated carbocycles. The zero-order valence-corrected chi connectivity index (χ0v) is 41.6. The van der Waals surface area contributed by atoms with Crippen LogP contribution in [0, 0.1) is 0 Å². The SMILES string of the molecule is CCCCCCCCCCCCCCCCCCCCCCCCC/C=C/CC/C=C/CCCC(O)C(O)C(CO)NC(=O)C(O)CCCCCCCCCCCCCCCC. The molecule has 1 amide bonds. The highest BCUT2D eigenvalue weighted by Crippen LogP contribution is 2.18. The Hall–Kier alpha value is -1.21. The number of hydrogen-bond donors (Lipinski definition) is 5. The molecule has 4 unspecified atom stereocenters. The Kier molecular flexibility index (Phi) is 49.8. The van der Waals surface area contributed by atoms with Crippen LogP contribution in [-0.2, 0) is 4.79 Å². The third kappa shape index (κ3) is 44.0. The Bertz CT molecular complexity index is 939. The highest BCUT2D eigenvalue weighted by Gasteiger charge is 2.28. The fourth-order valence-corrected chi connectivity index (χ4v) is 8.78. The van der Waals surface area contributed by atoms with E-state index in [1.807, 2.05) is 0 Å². The van der Waals surface area contributed by atoms with Gasteiger partial charge < -0.3 is 25.7 Å². The second kappa shape index (κ2) is 50.8. The van der Waals surface area contributed by atoms with Crippen molar-refractivity contribution >= 4 is 5.91 Å². The molecule has 0 bridgehead atoms. The lowest BCUT2D eigenvalue weighted by Gasteiger charge is -2.27. The standard InChI is InChI=1S/C56H109NO5/c1-3-5-7-9-11-13-15-17-19-20-21-22-23-24-25-26-27-28-29-30-31-32-33-34-35-36-38-39-41-43-45-47-49-53(59)55(61)52(51-58)57-56(62)54(60)50-48-46-44-42-40-37-18-16-14-12-10-8-6-4-2/h35-36,41,43,52-55,58-61H,3-34,37-40,42,44-51H2,1-2H3,(H,57,62)/b36-35+,43-41+. The van der Waals surface area contributed by atoms with E-state index in [4.69, 9.17) is 0 Å². The third-order valence-electron chi connectivity index (χ3n) is 13.1. The second-order valence-electron chi connectivity index (χ2n) is 19.3. The largest absolute Gasteiger partial charge is 0.394 e. The van der Waals surface area contributed by atoms with Crippen molar-refractivity contribution in [1.29, 1.82) is 0 Å². The molecule has 0 fully saturated rings. The Balaban J connectivity index is 3.62. The van der Waals surface area contributed by atoms with Gasteiger partial charge in [0.15, 0.2) is 0 Å². The van der Waals surface area contributed by atoms with Crippen LogP contribution in [0.2, 0.25) is 0 Å². The minimum atomic E-state index is -1.29. The van der Waals surface area contributed by atoms with Gasteiger partial charge in [-0.25, -0.2) is 0 Å².